The van der Waals surface area contributed by atoms with E-state index >= 15 is 0 Å². The molecule has 0 unspecified atom stereocenters. The molecule has 1 aliphatic carbocycles. The van der Waals surface area contributed by atoms with Crippen LogP contribution >= 0.6 is 11.3 Å². The number of hydrogen-bond donors (Lipinski definition) is 1. The fraction of sp³-hybridized carbons (Fsp3) is 0.316. The van der Waals surface area contributed by atoms with Crippen molar-refractivity contribution in [2.24, 2.45) is 0 Å². The van der Waals surface area contributed by atoms with Crippen molar-refractivity contribution in [3.63, 3.8) is 0 Å². The molecule has 1 aliphatic rings. The van der Waals surface area contributed by atoms with Gasteiger partial charge in [-0.1, -0.05) is 11.3 Å². The van der Waals surface area contributed by atoms with Crippen molar-refractivity contribution in [2.45, 2.75) is 38.2 Å². The molecule has 29 heavy (non-hydrogen) atoms. The number of nitriles is 1. The van der Waals surface area contributed by atoms with Gasteiger partial charge in [-0.25, -0.2) is 18.7 Å². The number of nitrogens with zero attached hydrogens (tertiary/aromatic N) is 5. The van der Waals surface area contributed by atoms with E-state index in [0.29, 0.717) is 15.8 Å². The van der Waals surface area contributed by atoms with Gasteiger partial charge in [0.1, 0.15) is 17.3 Å². The Labute approximate surface area is 169 Å². The van der Waals surface area contributed by atoms with E-state index in [4.69, 9.17) is 5.26 Å². The van der Waals surface area contributed by atoms with Crippen molar-refractivity contribution in [2.75, 3.05) is 0 Å². The minimum absolute atomic E-state index is 0.151. The Morgan fingerprint density at radius 3 is 2.79 bits per heavy atom. The number of alkyl halides is 2. The van der Waals surface area contributed by atoms with E-state index in [1.54, 1.807) is 13.0 Å². The van der Waals surface area contributed by atoms with Gasteiger partial charge in [0.2, 0.25) is 5.13 Å². The molecule has 0 bridgehead atoms. The Balaban J connectivity index is 1.57. The summed E-state index contributed by atoms with van der Waals surface area (Å²) in [5.41, 5.74) is 0.821. The number of thiazole rings is 1. The average molecular weight is 414 g/mol. The molecule has 0 saturated heterocycles. The van der Waals surface area contributed by atoms with Crippen LogP contribution in [0.25, 0.3) is 5.13 Å². The van der Waals surface area contributed by atoms with Gasteiger partial charge in [0, 0.05) is 11.1 Å². The van der Waals surface area contributed by atoms with Gasteiger partial charge in [-0.2, -0.15) is 15.0 Å². The second-order valence-corrected chi connectivity index (χ2v) is 7.82. The number of halogens is 2. The van der Waals surface area contributed by atoms with Gasteiger partial charge >= 0.3 is 0 Å². The van der Waals surface area contributed by atoms with E-state index in [0.717, 1.165) is 29.7 Å². The maximum Gasteiger partial charge on any atom is 0.263 e. The molecule has 2 heterocycles. The van der Waals surface area contributed by atoms with Crippen molar-refractivity contribution < 1.29 is 13.6 Å². The SMILES string of the molecule is C[C@H](NC(=O)c1cc(C(F)F)cc(C2CC2)c1)c1ncnn1-c1ncc(C#N)s1. The predicted molar refractivity (Wildman–Crippen MR) is 101 cm³/mol. The van der Waals surface area contributed by atoms with Gasteiger partial charge in [0.25, 0.3) is 12.3 Å². The zero-order chi connectivity index (χ0) is 20.5. The largest absolute Gasteiger partial charge is 0.342 e. The van der Waals surface area contributed by atoms with Crippen LogP contribution in [0.3, 0.4) is 0 Å². The molecule has 1 aromatic carbocycles. The Bertz CT molecular complexity index is 1080. The van der Waals surface area contributed by atoms with Crippen molar-refractivity contribution in [3.05, 3.63) is 58.1 Å². The van der Waals surface area contributed by atoms with Crippen LogP contribution in [0.2, 0.25) is 0 Å². The summed E-state index contributed by atoms with van der Waals surface area (Å²) in [6, 6.07) is 5.84. The molecule has 0 spiro atoms. The Hall–Kier alpha value is -3.19. The third-order valence-corrected chi connectivity index (χ3v) is 5.51. The Morgan fingerprint density at radius 2 is 2.14 bits per heavy atom. The lowest BCUT2D eigenvalue weighted by molar-refractivity contribution is 0.0937. The van der Waals surface area contributed by atoms with Gasteiger partial charge in [0.05, 0.1) is 12.2 Å². The van der Waals surface area contributed by atoms with Gasteiger partial charge in [-0.3, -0.25) is 4.79 Å². The maximum atomic E-state index is 13.2. The van der Waals surface area contributed by atoms with Crippen molar-refractivity contribution in [3.8, 4) is 11.2 Å². The molecule has 1 fully saturated rings. The number of aromatic nitrogens is 4. The second-order valence-electron chi connectivity index (χ2n) is 6.81. The van der Waals surface area contributed by atoms with Gasteiger partial charge in [-0.15, -0.1) is 0 Å². The molecular weight excluding hydrogens is 398 g/mol. The number of nitrogens with one attached hydrogen (secondary N) is 1. The lowest BCUT2D eigenvalue weighted by Gasteiger charge is -2.15. The van der Waals surface area contributed by atoms with Gasteiger partial charge in [0.15, 0.2) is 5.82 Å². The summed E-state index contributed by atoms with van der Waals surface area (Å²) in [4.78, 5) is 21.5. The molecule has 10 heteroatoms. The fourth-order valence-corrected chi connectivity index (χ4v) is 3.72. The van der Waals surface area contributed by atoms with Crippen LogP contribution in [0, 0.1) is 11.3 Å². The van der Waals surface area contributed by atoms with Crippen LogP contribution in [-0.4, -0.2) is 25.7 Å². The predicted octanol–water partition coefficient (Wildman–Crippen LogP) is 3.90. The van der Waals surface area contributed by atoms with E-state index in [1.165, 1.54) is 29.3 Å². The van der Waals surface area contributed by atoms with E-state index in [2.05, 4.69) is 20.4 Å². The van der Waals surface area contributed by atoms with Gasteiger partial charge in [-0.05, 0) is 49.4 Å². The number of rotatable bonds is 6. The highest BCUT2D eigenvalue weighted by atomic mass is 32.1. The first kappa shape index (κ1) is 19.1. The highest BCUT2D eigenvalue weighted by Crippen LogP contribution is 2.41. The fourth-order valence-electron chi connectivity index (χ4n) is 3.04. The third kappa shape index (κ3) is 4.00. The smallest absolute Gasteiger partial charge is 0.263 e. The number of amides is 1. The summed E-state index contributed by atoms with van der Waals surface area (Å²) in [5.74, 6) is 0.206. The normalized spacial score (nSPS) is 14.6. The molecule has 1 N–H and O–H groups in total. The first-order valence-corrected chi connectivity index (χ1v) is 9.78. The van der Waals surface area contributed by atoms with Crippen molar-refractivity contribution >= 4 is 17.2 Å². The zero-order valence-corrected chi connectivity index (χ0v) is 16.2. The molecule has 148 valence electrons. The van der Waals surface area contributed by atoms with Crippen LogP contribution in [-0.2, 0) is 0 Å². The lowest BCUT2D eigenvalue weighted by atomic mass is 10.0. The van der Waals surface area contributed by atoms with Crippen LogP contribution in [0.15, 0.2) is 30.7 Å². The number of benzene rings is 1. The zero-order valence-electron chi connectivity index (χ0n) is 15.3. The maximum absolute atomic E-state index is 13.2. The van der Waals surface area contributed by atoms with E-state index < -0.39 is 18.4 Å². The molecule has 0 radical (unpaired) electrons. The van der Waals surface area contributed by atoms with E-state index in [-0.39, 0.29) is 17.0 Å². The number of hydrogen-bond acceptors (Lipinski definition) is 6. The highest BCUT2D eigenvalue weighted by molar-refractivity contribution is 7.14. The molecule has 1 saturated carbocycles. The van der Waals surface area contributed by atoms with Crippen LogP contribution in [0.5, 0.6) is 0 Å². The standard InChI is InChI=1S/C19H16F2N6OS/c1-10(17-24-9-25-27(17)19-23-8-15(7-22)29-19)26-18(28)14-5-12(11-2-3-11)4-13(6-14)16(20)21/h4-6,8-11,16H,2-3H2,1H3,(H,26,28)/t10-/m0/s1. The quantitative estimate of drug-likeness (QED) is 0.660. The van der Waals surface area contributed by atoms with Crippen LogP contribution in [0.1, 0.15) is 70.3 Å². The first-order valence-electron chi connectivity index (χ1n) is 8.96. The number of carbonyl (C=O) groups excluding carboxylic acids is 1. The molecule has 0 aliphatic heterocycles. The summed E-state index contributed by atoms with van der Waals surface area (Å²) >= 11 is 1.15. The molecule has 1 amide bonds. The molecule has 1 atom stereocenters. The highest BCUT2D eigenvalue weighted by Gasteiger charge is 2.27. The first-order chi connectivity index (χ1) is 14.0. The van der Waals surface area contributed by atoms with Crippen molar-refractivity contribution in [1.29, 1.82) is 5.26 Å². The summed E-state index contributed by atoms with van der Waals surface area (Å²) < 4.78 is 27.9. The number of carbonyl (C=O) groups is 1. The molecular formula is C19H16F2N6OS. The van der Waals surface area contributed by atoms with E-state index in [1.807, 2.05) is 6.07 Å². The monoisotopic (exact) mass is 414 g/mol. The lowest BCUT2D eigenvalue weighted by Crippen LogP contribution is -2.29. The average Bonchev–Trinajstić information content (AvgIpc) is 3.25. The summed E-state index contributed by atoms with van der Waals surface area (Å²) in [5, 5.41) is 16.3. The molecule has 3 aromatic rings. The summed E-state index contributed by atoms with van der Waals surface area (Å²) in [6.07, 6.45) is 2.02. The summed E-state index contributed by atoms with van der Waals surface area (Å²) in [7, 11) is 0. The van der Waals surface area contributed by atoms with Gasteiger partial charge < -0.3 is 5.32 Å². The third-order valence-electron chi connectivity index (χ3n) is 4.63. The second kappa shape index (κ2) is 7.67. The van der Waals surface area contributed by atoms with Crippen LogP contribution < -0.4 is 5.32 Å². The van der Waals surface area contributed by atoms with E-state index in [9.17, 15) is 13.6 Å². The minimum Gasteiger partial charge on any atom is -0.342 e. The Kier molecular flexibility index (Phi) is 5.07. The molecule has 4 rings (SSSR count). The summed E-state index contributed by atoms with van der Waals surface area (Å²) in [6.45, 7) is 1.72. The van der Waals surface area contributed by atoms with Crippen molar-refractivity contribution in [1.82, 2.24) is 25.1 Å². The molecule has 2 aromatic heterocycles. The van der Waals surface area contributed by atoms with Crippen LogP contribution in [0.4, 0.5) is 8.78 Å². The minimum atomic E-state index is -2.64. The Morgan fingerprint density at radius 1 is 1.34 bits per heavy atom. The molecule has 7 nitrogen and oxygen atoms in total. The topological polar surface area (TPSA) is 96.5 Å².